The molecule has 0 aliphatic carbocycles. The highest BCUT2D eigenvalue weighted by Gasteiger charge is 2.20. The van der Waals surface area contributed by atoms with Crippen molar-refractivity contribution in [1.82, 2.24) is 10.1 Å². The van der Waals surface area contributed by atoms with Crippen LogP contribution in [0.2, 0.25) is 0 Å². The average molecular weight is 277 g/mol. The zero-order chi connectivity index (χ0) is 14.7. The molecule has 2 rings (SSSR count). The molecule has 1 heterocycles. The van der Waals surface area contributed by atoms with Gasteiger partial charge < -0.3 is 9.63 Å². The number of aliphatic hydroxyl groups excluding tert-OH is 1. The van der Waals surface area contributed by atoms with Crippen LogP contribution < -0.4 is 0 Å². The second-order valence-corrected chi connectivity index (χ2v) is 4.47. The highest BCUT2D eigenvalue weighted by atomic mass is 16.6. The Hall–Kier alpha value is -2.28. The van der Waals surface area contributed by atoms with Crippen LogP contribution in [0.25, 0.3) is 11.5 Å². The number of nitrogens with zero attached hydrogens (tertiary/aromatic N) is 3. The molecule has 7 nitrogen and oxygen atoms in total. The Balaban J connectivity index is 2.38. The van der Waals surface area contributed by atoms with Crippen LogP contribution in [0.1, 0.15) is 37.3 Å². The first-order valence-corrected chi connectivity index (χ1v) is 6.30. The van der Waals surface area contributed by atoms with Gasteiger partial charge in [-0.1, -0.05) is 24.6 Å². The molecular formula is C13H15N3O4. The van der Waals surface area contributed by atoms with Crippen LogP contribution in [-0.2, 0) is 0 Å². The van der Waals surface area contributed by atoms with Crippen molar-refractivity contribution in [2.75, 3.05) is 0 Å². The summed E-state index contributed by atoms with van der Waals surface area (Å²) >= 11 is 0. The third-order valence-electron chi connectivity index (χ3n) is 3.03. The SMILES string of the molecule is CCCC(O)c1noc(-c2cccc([N+](=O)[O-])c2C)n1. The zero-order valence-corrected chi connectivity index (χ0v) is 11.2. The molecule has 7 heteroatoms. The Labute approximate surface area is 115 Å². The number of rotatable bonds is 5. The van der Waals surface area contributed by atoms with Gasteiger partial charge in [-0.15, -0.1) is 0 Å². The van der Waals surface area contributed by atoms with Crippen LogP contribution >= 0.6 is 0 Å². The predicted octanol–water partition coefficient (Wildman–Crippen LogP) is 2.79. The normalized spacial score (nSPS) is 12.3. The molecule has 106 valence electrons. The van der Waals surface area contributed by atoms with Crippen molar-refractivity contribution < 1.29 is 14.6 Å². The quantitative estimate of drug-likeness (QED) is 0.665. The summed E-state index contributed by atoms with van der Waals surface area (Å²) in [5, 5.41) is 24.4. The van der Waals surface area contributed by atoms with Crippen molar-refractivity contribution in [3.63, 3.8) is 0 Å². The predicted molar refractivity (Wildman–Crippen MR) is 71.0 cm³/mol. The largest absolute Gasteiger partial charge is 0.385 e. The van der Waals surface area contributed by atoms with E-state index in [-0.39, 0.29) is 17.4 Å². The van der Waals surface area contributed by atoms with Gasteiger partial charge in [0.25, 0.3) is 11.6 Å². The van der Waals surface area contributed by atoms with E-state index in [1.165, 1.54) is 6.07 Å². The van der Waals surface area contributed by atoms with Crippen molar-refractivity contribution in [3.05, 3.63) is 39.7 Å². The number of nitro groups is 1. The molecule has 0 saturated carbocycles. The molecule has 0 aliphatic heterocycles. The standard InChI is InChI=1S/C13H15N3O4/c1-3-5-11(17)12-14-13(20-15-12)9-6-4-7-10(8(9)2)16(18)19/h4,6-7,11,17H,3,5H2,1-2H3. The first-order chi connectivity index (χ1) is 9.54. The minimum absolute atomic E-state index is 0.00337. The molecule has 1 unspecified atom stereocenters. The first kappa shape index (κ1) is 14.1. The molecule has 0 radical (unpaired) electrons. The second-order valence-electron chi connectivity index (χ2n) is 4.47. The lowest BCUT2D eigenvalue weighted by molar-refractivity contribution is -0.385. The van der Waals surface area contributed by atoms with Crippen molar-refractivity contribution in [1.29, 1.82) is 0 Å². The molecule has 0 aliphatic rings. The third kappa shape index (κ3) is 2.67. The topological polar surface area (TPSA) is 102 Å². The Bertz CT molecular complexity index is 624. The highest BCUT2D eigenvalue weighted by molar-refractivity contribution is 5.64. The molecule has 0 fully saturated rings. The summed E-state index contributed by atoms with van der Waals surface area (Å²) in [6.07, 6.45) is 0.546. The lowest BCUT2D eigenvalue weighted by Crippen LogP contribution is -1.99. The summed E-state index contributed by atoms with van der Waals surface area (Å²) in [6, 6.07) is 4.65. The van der Waals surface area contributed by atoms with E-state index in [4.69, 9.17) is 4.52 Å². The van der Waals surface area contributed by atoms with Crippen LogP contribution in [0.4, 0.5) is 5.69 Å². The number of nitro benzene ring substituents is 1. The van der Waals surface area contributed by atoms with E-state index in [9.17, 15) is 15.2 Å². The second kappa shape index (κ2) is 5.79. The molecule has 1 aromatic heterocycles. The van der Waals surface area contributed by atoms with Gasteiger partial charge in [0, 0.05) is 17.2 Å². The zero-order valence-electron chi connectivity index (χ0n) is 11.2. The molecule has 0 spiro atoms. The Kier molecular flexibility index (Phi) is 4.09. The lowest BCUT2D eigenvalue weighted by Gasteiger charge is -2.02. The van der Waals surface area contributed by atoms with Crippen LogP contribution in [0.5, 0.6) is 0 Å². The maximum atomic E-state index is 10.9. The minimum atomic E-state index is -0.781. The van der Waals surface area contributed by atoms with E-state index in [0.717, 1.165) is 6.42 Å². The third-order valence-corrected chi connectivity index (χ3v) is 3.03. The van der Waals surface area contributed by atoms with Crippen molar-refractivity contribution >= 4 is 5.69 Å². The highest BCUT2D eigenvalue weighted by Crippen LogP contribution is 2.29. The van der Waals surface area contributed by atoms with Gasteiger partial charge in [-0.25, -0.2) is 0 Å². The van der Waals surface area contributed by atoms with Crippen molar-refractivity contribution in [3.8, 4) is 11.5 Å². The van der Waals surface area contributed by atoms with Gasteiger partial charge in [0.05, 0.1) is 4.92 Å². The van der Waals surface area contributed by atoms with Gasteiger partial charge in [-0.05, 0) is 19.4 Å². The Morgan fingerprint density at radius 2 is 2.25 bits per heavy atom. The first-order valence-electron chi connectivity index (χ1n) is 6.30. The van der Waals surface area contributed by atoms with Crippen LogP contribution in [0, 0.1) is 17.0 Å². The Morgan fingerprint density at radius 1 is 1.50 bits per heavy atom. The summed E-state index contributed by atoms with van der Waals surface area (Å²) < 4.78 is 5.09. The molecule has 1 atom stereocenters. The van der Waals surface area contributed by atoms with Crippen molar-refractivity contribution in [2.45, 2.75) is 32.8 Å². The van der Waals surface area contributed by atoms with Gasteiger partial charge in [0.1, 0.15) is 6.10 Å². The molecule has 1 N–H and O–H groups in total. The fraction of sp³-hybridized carbons (Fsp3) is 0.385. The smallest absolute Gasteiger partial charge is 0.273 e. The fourth-order valence-corrected chi connectivity index (χ4v) is 1.94. The summed E-state index contributed by atoms with van der Waals surface area (Å²) in [7, 11) is 0. The lowest BCUT2D eigenvalue weighted by atomic mass is 10.1. The molecule has 0 bridgehead atoms. The maximum Gasteiger partial charge on any atom is 0.273 e. The molecule has 0 amide bonds. The summed E-state index contributed by atoms with van der Waals surface area (Å²) in [5.74, 6) is 0.379. The van der Waals surface area contributed by atoms with Gasteiger partial charge in [-0.3, -0.25) is 10.1 Å². The van der Waals surface area contributed by atoms with E-state index in [0.29, 0.717) is 17.5 Å². The van der Waals surface area contributed by atoms with Crippen LogP contribution in [0.15, 0.2) is 22.7 Å². The number of aromatic nitrogens is 2. The number of aliphatic hydroxyl groups is 1. The number of hydrogen-bond donors (Lipinski definition) is 1. The summed E-state index contributed by atoms with van der Waals surface area (Å²) in [6.45, 7) is 3.56. The summed E-state index contributed by atoms with van der Waals surface area (Å²) in [5.41, 5.74) is 0.954. The molecule has 0 saturated heterocycles. The van der Waals surface area contributed by atoms with Crippen LogP contribution in [0.3, 0.4) is 0 Å². The van der Waals surface area contributed by atoms with E-state index in [1.54, 1.807) is 19.1 Å². The van der Waals surface area contributed by atoms with Gasteiger partial charge in [0.2, 0.25) is 5.82 Å². The van der Waals surface area contributed by atoms with Gasteiger partial charge in [-0.2, -0.15) is 4.98 Å². The number of hydrogen-bond acceptors (Lipinski definition) is 6. The van der Waals surface area contributed by atoms with E-state index < -0.39 is 11.0 Å². The number of benzene rings is 1. The fourth-order valence-electron chi connectivity index (χ4n) is 1.94. The van der Waals surface area contributed by atoms with Gasteiger partial charge >= 0.3 is 0 Å². The molecule has 1 aromatic carbocycles. The maximum absolute atomic E-state index is 10.9. The molecular weight excluding hydrogens is 262 g/mol. The Morgan fingerprint density at radius 3 is 2.90 bits per heavy atom. The minimum Gasteiger partial charge on any atom is -0.385 e. The monoisotopic (exact) mass is 277 g/mol. The average Bonchev–Trinajstić information content (AvgIpc) is 2.88. The molecule has 20 heavy (non-hydrogen) atoms. The van der Waals surface area contributed by atoms with Crippen molar-refractivity contribution in [2.24, 2.45) is 0 Å². The van der Waals surface area contributed by atoms with E-state index in [1.807, 2.05) is 6.92 Å². The summed E-state index contributed by atoms with van der Waals surface area (Å²) in [4.78, 5) is 14.6. The van der Waals surface area contributed by atoms with Crippen LogP contribution in [-0.4, -0.2) is 20.2 Å². The van der Waals surface area contributed by atoms with E-state index >= 15 is 0 Å². The van der Waals surface area contributed by atoms with E-state index in [2.05, 4.69) is 10.1 Å². The molecule has 2 aromatic rings. The van der Waals surface area contributed by atoms with Gasteiger partial charge in [0.15, 0.2) is 0 Å².